The number of rotatable bonds is 2. The van der Waals surface area contributed by atoms with Crippen LogP contribution in [-0.2, 0) is 0 Å². The molecule has 1 atom stereocenters. The molecule has 7 nitrogen and oxygen atoms in total. The Labute approximate surface area is 102 Å². The van der Waals surface area contributed by atoms with Gasteiger partial charge in [-0.1, -0.05) is 0 Å². The van der Waals surface area contributed by atoms with Crippen molar-refractivity contribution in [1.82, 2.24) is 9.97 Å². The van der Waals surface area contributed by atoms with Gasteiger partial charge in [-0.05, 0) is 24.9 Å². The number of aliphatic hydroxyl groups excluding tert-OH is 1. The number of halogens is 1. The van der Waals surface area contributed by atoms with Crippen LogP contribution in [0.1, 0.15) is 12.1 Å². The fourth-order valence-corrected chi connectivity index (χ4v) is 2.09. The maximum atomic E-state index is 11.0. The molecule has 1 N–H and O–H groups in total. The van der Waals surface area contributed by atoms with E-state index in [1.165, 1.54) is 6.92 Å². The van der Waals surface area contributed by atoms with Crippen LogP contribution in [-0.4, -0.2) is 39.2 Å². The lowest BCUT2D eigenvalue weighted by atomic mass is 10.3. The van der Waals surface area contributed by atoms with Crippen molar-refractivity contribution in [3.05, 3.63) is 21.1 Å². The molecule has 0 saturated carbocycles. The van der Waals surface area contributed by atoms with Crippen molar-refractivity contribution in [1.29, 1.82) is 0 Å². The molecule has 1 fully saturated rings. The van der Waals surface area contributed by atoms with Gasteiger partial charge in [0.15, 0.2) is 0 Å². The molecule has 0 bridgehead atoms. The summed E-state index contributed by atoms with van der Waals surface area (Å²) in [6, 6.07) is 0. The van der Waals surface area contributed by atoms with E-state index in [1.807, 2.05) is 0 Å². The van der Waals surface area contributed by atoms with Crippen molar-refractivity contribution in [2.75, 3.05) is 18.0 Å². The average Bonchev–Trinajstić information content (AvgIpc) is 2.62. The van der Waals surface area contributed by atoms with Crippen LogP contribution in [0.3, 0.4) is 0 Å². The summed E-state index contributed by atoms with van der Waals surface area (Å²) in [5, 5.41) is 20.4. The van der Waals surface area contributed by atoms with Gasteiger partial charge in [-0.15, -0.1) is 0 Å². The number of hydrogen-bond acceptors (Lipinski definition) is 6. The largest absolute Gasteiger partial charge is 0.391 e. The Morgan fingerprint density at radius 1 is 1.59 bits per heavy atom. The highest BCUT2D eigenvalue weighted by molar-refractivity contribution is 6.28. The number of nitrogens with zero attached hydrogens (tertiary/aromatic N) is 4. The molecular formula is C9H11ClN4O3. The van der Waals surface area contributed by atoms with Gasteiger partial charge in [0, 0.05) is 13.1 Å². The van der Waals surface area contributed by atoms with E-state index in [0.29, 0.717) is 19.5 Å². The van der Waals surface area contributed by atoms with E-state index in [1.54, 1.807) is 4.90 Å². The standard InChI is InChI=1S/C9H11ClN4O3/c1-5-7(14(16)17)8(12-9(10)11-5)13-3-2-6(15)4-13/h6,15H,2-4H2,1H3. The van der Waals surface area contributed by atoms with Gasteiger partial charge in [0.25, 0.3) is 0 Å². The maximum Gasteiger partial charge on any atom is 0.332 e. The molecule has 0 spiro atoms. The highest BCUT2D eigenvalue weighted by Gasteiger charge is 2.30. The second kappa shape index (κ2) is 4.42. The van der Waals surface area contributed by atoms with E-state index in [-0.39, 0.29) is 22.5 Å². The Bertz CT molecular complexity index is 468. The first-order valence-electron chi connectivity index (χ1n) is 5.10. The molecule has 1 aliphatic rings. The summed E-state index contributed by atoms with van der Waals surface area (Å²) in [5.74, 6) is 0.184. The van der Waals surface area contributed by atoms with Gasteiger partial charge >= 0.3 is 5.69 Å². The van der Waals surface area contributed by atoms with Gasteiger partial charge in [0.2, 0.25) is 11.1 Å². The summed E-state index contributed by atoms with van der Waals surface area (Å²) < 4.78 is 0. The molecule has 0 aromatic carbocycles. The van der Waals surface area contributed by atoms with Crippen molar-refractivity contribution >= 4 is 23.1 Å². The van der Waals surface area contributed by atoms with Gasteiger partial charge in [-0.3, -0.25) is 10.1 Å². The van der Waals surface area contributed by atoms with Gasteiger partial charge in [-0.25, -0.2) is 4.98 Å². The van der Waals surface area contributed by atoms with E-state index in [4.69, 9.17) is 11.6 Å². The molecule has 0 radical (unpaired) electrons. The predicted molar refractivity (Wildman–Crippen MR) is 61.3 cm³/mol. The summed E-state index contributed by atoms with van der Waals surface area (Å²) in [4.78, 5) is 19.8. The summed E-state index contributed by atoms with van der Waals surface area (Å²) in [7, 11) is 0. The van der Waals surface area contributed by atoms with Crippen molar-refractivity contribution < 1.29 is 10.0 Å². The quantitative estimate of drug-likeness (QED) is 0.482. The summed E-state index contributed by atoms with van der Waals surface area (Å²) >= 11 is 5.71. The molecule has 1 saturated heterocycles. The maximum absolute atomic E-state index is 11.0. The van der Waals surface area contributed by atoms with Crippen LogP contribution in [0.5, 0.6) is 0 Å². The predicted octanol–water partition coefficient (Wildman–Crippen LogP) is 0.918. The molecule has 1 aromatic heterocycles. The minimum absolute atomic E-state index is 0.0236. The Kier molecular flexibility index (Phi) is 3.12. The topological polar surface area (TPSA) is 92.4 Å². The first-order valence-corrected chi connectivity index (χ1v) is 5.48. The van der Waals surface area contributed by atoms with Crippen LogP contribution in [0, 0.1) is 17.0 Å². The van der Waals surface area contributed by atoms with Gasteiger partial charge < -0.3 is 10.0 Å². The molecule has 1 aliphatic heterocycles. The SMILES string of the molecule is Cc1nc(Cl)nc(N2CCC(O)C2)c1[N+](=O)[O-]. The Morgan fingerprint density at radius 2 is 2.29 bits per heavy atom. The van der Waals surface area contributed by atoms with E-state index in [2.05, 4.69) is 9.97 Å². The lowest BCUT2D eigenvalue weighted by molar-refractivity contribution is -0.385. The van der Waals surface area contributed by atoms with Crippen molar-refractivity contribution in [2.45, 2.75) is 19.4 Å². The third-order valence-corrected chi connectivity index (χ3v) is 2.83. The monoisotopic (exact) mass is 258 g/mol. The molecule has 0 aliphatic carbocycles. The molecule has 1 unspecified atom stereocenters. The normalized spacial score (nSPS) is 19.7. The van der Waals surface area contributed by atoms with E-state index < -0.39 is 11.0 Å². The van der Waals surface area contributed by atoms with Gasteiger partial charge in [0.1, 0.15) is 5.69 Å². The highest BCUT2D eigenvalue weighted by Crippen LogP contribution is 2.31. The number of anilines is 1. The zero-order valence-corrected chi connectivity index (χ0v) is 9.89. The first-order chi connectivity index (χ1) is 7.99. The summed E-state index contributed by atoms with van der Waals surface area (Å²) in [6.45, 7) is 2.37. The van der Waals surface area contributed by atoms with Crippen LogP contribution in [0.25, 0.3) is 0 Å². The molecule has 0 amide bonds. The third-order valence-electron chi connectivity index (χ3n) is 2.66. The Balaban J connectivity index is 2.47. The molecule has 2 heterocycles. The molecule has 17 heavy (non-hydrogen) atoms. The fourth-order valence-electron chi connectivity index (χ4n) is 1.89. The van der Waals surface area contributed by atoms with E-state index in [9.17, 15) is 15.2 Å². The summed E-state index contributed by atoms with van der Waals surface area (Å²) in [6.07, 6.45) is 0.0846. The molecule has 92 valence electrons. The van der Waals surface area contributed by atoms with Gasteiger partial charge in [0.05, 0.1) is 11.0 Å². The smallest absolute Gasteiger partial charge is 0.332 e. The zero-order valence-electron chi connectivity index (χ0n) is 9.13. The minimum Gasteiger partial charge on any atom is -0.391 e. The third kappa shape index (κ3) is 2.29. The molecular weight excluding hydrogens is 248 g/mol. The average molecular weight is 259 g/mol. The minimum atomic E-state index is -0.522. The number of aryl methyl sites for hydroxylation is 1. The molecule has 2 rings (SSSR count). The van der Waals surface area contributed by atoms with Crippen molar-refractivity contribution in [3.63, 3.8) is 0 Å². The lowest BCUT2D eigenvalue weighted by Gasteiger charge is -2.16. The lowest BCUT2D eigenvalue weighted by Crippen LogP contribution is -2.24. The second-order valence-electron chi connectivity index (χ2n) is 3.90. The Morgan fingerprint density at radius 3 is 2.82 bits per heavy atom. The van der Waals surface area contributed by atoms with E-state index >= 15 is 0 Å². The summed E-state index contributed by atoms with van der Waals surface area (Å²) in [5.41, 5.74) is 0.0786. The van der Waals surface area contributed by atoms with Crippen LogP contribution in [0.15, 0.2) is 0 Å². The Hall–Kier alpha value is -1.47. The zero-order chi connectivity index (χ0) is 12.6. The number of aliphatic hydroxyl groups is 1. The van der Waals surface area contributed by atoms with Crippen LogP contribution < -0.4 is 4.90 Å². The van der Waals surface area contributed by atoms with Crippen LogP contribution in [0.4, 0.5) is 11.5 Å². The van der Waals surface area contributed by atoms with Crippen molar-refractivity contribution in [2.24, 2.45) is 0 Å². The second-order valence-corrected chi connectivity index (χ2v) is 4.23. The fraction of sp³-hybridized carbons (Fsp3) is 0.556. The highest BCUT2D eigenvalue weighted by atomic mass is 35.5. The molecule has 1 aromatic rings. The van der Waals surface area contributed by atoms with Crippen LogP contribution >= 0.6 is 11.6 Å². The number of β-amino-alcohol motifs (C(OH)–C–C–N with tert-alkyl or cyclic N) is 1. The number of aromatic nitrogens is 2. The first kappa shape index (κ1) is 12.0. The van der Waals surface area contributed by atoms with Crippen LogP contribution in [0.2, 0.25) is 5.28 Å². The van der Waals surface area contributed by atoms with Gasteiger partial charge in [-0.2, -0.15) is 4.98 Å². The van der Waals surface area contributed by atoms with E-state index in [0.717, 1.165) is 0 Å². The number of nitro groups is 1. The van der Waals surface area contributed by atoms with Crippen molar-refractivity contribution in [3.8, 4) is 0 Å². The number of hydrogen-bond donors (Lipinski definition) is 1. The molecule has 8 heteroatoms.